The number of amides is 3. The first-order valence-electron chi connectivity index (χ1n) is 12.5. The highest BCUT2D eigenvalue weighted by Gasteiger charge is 2.34. The van der Waals surface area contributed by atoms with Crippen molar-refractivity contribution in [2.75, 3.05) is 19.9 Å². The number of urea groups is 1. The molecule has 2 atom stereocenters. The van der Waals surface area contributed by atoms with Crippen LogP contribution in [-0.2, 0) is 17.9 Å². The second-order valence-electron chi connectivity index (χ2n) is 9.59. The molecule has 0 aromatic heterocycles. The Bertz CT molecular complexity index is 1280. The lowest BCUT2D eigenvalue weighted by Crippen LogP contribution is -2.50. The Morgan fingerprint density at radius 1 is 0.919 bits per heavy atom. The molecule has 0 radical (unpaired) electrons. The number of aryl methyl sites for hydroxylation is 1. The number of nitrogens with zero attached hydrogens (tertiary/aromatic N) is 1. The molecule has 2 aliphatic heterocycles. The van der Waals surface area contributed by atoms with E-state index in [1.54, 1.807) is 17.9 Å². The van der Waals surface area contributed by atoms with Crippen molar-refractivity contribution < 1.29 is 23.5 Å². The van der Waals surface area contributed by atoms with Crippen LogP contribution in [0.3, 0.4) is 0 Å². The van der Waals surface area contributed by atoms with E-state index in [1.165, 1.54) is 6.07 Å². The molecule has 7 nitrogen and oxygen atoms in total. The molecule has 8 heteroatoms. The number of hydrogen-bond donors (Lipinski definition) is 2. The quantitative estimate of drug-likeness (QED) is 0.519. The van der Waals surface area contributed by atoms with Gasteiger partial charge < -0.3 is 25.0 Å². The van der Waals surface area contributed by atoms with Crippen LogP contribution in [0, 0.1) is 18.7 Å². The fourth-order valence-electron chi connectivity index (χ4n) is 4.89. The number of carbonyl (C=O) groups is 2. The number of hydrogen-bond acceptors (Lipinski definition) is 4. The lowest BCUT2D eigenvalue weighted by molar-refractivity contribution is -0.126. The van der Waals surface area contributed by atoms with Crippen molar-refractivity contribution in [2.45, 2.75) is 32.4 Å². The molecule has 1 fully saturated rings. The van der Waals surface area contributed by atoms with E-state index in [2.05, 4.69) is 10.6 Å². The van der Waals surface area contributed by atoms with Gasteiger partial charge in [-0.15, -0.1) is 0 Å². The Balaban J connectivity index is 1.28. The third-order valence-electron chi connectivity index (χ3n) is 6.95. The summed E-state index contributed by atoms with van der Waals surface area (Å²) in [5.41, 5.74) is 3.37. The standard InChI is InChI=1S/C29H30FN3O4/c1-19-11-22(8-9-25(19)30)23-13-24(17-33(16-23)29(35)32-14-20-5-3-2-4-6-20)28(34)31-15-21-7-10-26-27(12-21)37-18-36-26/h2-12,23-24H,13-18H2,1H3,(H,31,34)(H,32,35)/t23-,24-/m1/s1. The molecule has 0 unspecified atom stereocenters. The first-order chi connectivity index (χ1) is 18.0. The first kappa shape index (κ1) is 24.6. The lowest BCUT2D eigenvalue weighted by Gasteiger charge is -2.37. The van der Waals surface area contributed by atoms with E-state index in [0.29, 0.717) is 49.7 Å². The van der Waals surface area contributed by atoms with Gasteiger partial charge in [-0.05, 0) is 53.8 Å². The van der Waals surface area contributed by atoms with E-state index in [9.17, 15) is 14.0 Å². The normalized spacial score (nSPS) is 18.4. The maximum Gasteiger partial charge on any atom is 0.317 e. The van der Waals surface area contributed by atoms with Crippen LogP contribution in [-0.4, -0.2) is 36.7 Å². The minimum atomic E-state index is -0.402. The van der Waals surface area contributed by atoms with Crippen LogP contribution in [0.5, 0.6) is 11.5 Å². The molecule has 3 amide bonds. The van der Waals surface area contributed by atoms with Gasteiger partial charge in [0.25, 0.3) is 0 Å². The van der Waals surface area contributed by atoms with Gasteiger partial charge in [-0.2, -0.15) is 0 Å². The largest absolute Gasteiger partial charge is 0.454 e. The van der Waals surface area contributed by atoms with E-state index in [1.807, 2.05) is 54.6 Å². The van der Waals surface area contributed by atoms with Gasteiger partial charge in [0.15, 0.2) is 11.5 Å². The van der Waals surface area contributed by atoms with Gasteiger partial charge in [-0.3, -0.25) is 4.79 Å². The van der Waals surface area contributed by atoms with Crippen molar-refractivity contribution in [3.8, 4) is 11.5 Å². The predicted octanol–water partition coefficient (Wildman–Crippen LogP) is 4.49. The van der Waals surface area contributed by atoms with E-state index < -0.39 is 5.92 Å². The summed E-state index contributed by atoms with van der Waals surface area (Å²) in [6.07, 6.45) is 0.570. The van der Waals surface area contributed by atoms with Crippen molar-refractivity contribution in [1.82, 2.24) is 15.5 Å². The van der Waals surface area contributed by atoms with Gasteiger partial charge in [0.2, 0.25) is 12.7 Å². The average Bonchev–Trinajstić information content (AvgIpc) is 3.40. The molecule has 0 spiro atoms. The zero-order valence-corrected chi connectivity index (χ0v) is 20.7. The Kier molecular flexibility index (Phi) is 7.25. The topological polar surface area (TPSA) is 79.9 Å². The summed E-state index contributed by atoms with van der Waals surface area (Å²) in [6, 6.07) is 20.1. The SMILES string of the molecule is Cc1cc([C@@H]2C[C@@H](C(=O)NCc3ccc4c(c3)OCO4)CN(C(=O)NCc3ccccc3)C2)ccc1F. The smallest absolute Gasteiger partial charge is 0.317 e. The predicted molar refractivity (Wildman–Crippen MR) is 137 cm³/mol. The van der Waals surface area contributed by atoms with Crippen LogP contribution in [0.1, 0.15) is 34.6 Å². The van der Waals surface area contributed by atoms with E-state index >= 15 is 0 Å². The second-order valence-corrected chi connectivity index (χ2v) is 9.59. The van der Waals surface area contributed by atoms with Crippen molar-refractivity contribution in [3.05, 3.63) is 94.8 Å². The number of piperidine rings is 1. The molecule has 37 heavy (non-hydrogen) atoms. The number of carbonyl (C=O) groups excluding carboxylic acids is 2. The van der Waals surface area contributed by atoms with Gasteiger partial charge in [0, 0.05) is 32.1 Å². The first-order valence-corrected chi connectivity index (χ1v) is 12.5. The number of likely N-dealkylation sites (tertiary alicyclic amines) is 1. The molecule has 0 aliphatic carbocycles. The van der Waals surface area contributed by atoms with Crippen molar-refractivity contribution >= 4 is 11.9 Å². The molecule has 2 heterocycles. The van der Waals surface area contributed by atoms with Gasteiger partial charge in [0.1, 0.15) is 5.82 Å². The molecule has 192 valence electrons. The van der Waals surface area contributed by atoms with Crippen LogP contribution < -0.4 is 20.1 Å². The minimum Gasteiger partial charge on any atom is -0.454 e. The summed E-state index contributed by atoms with van der Waals surface area (Å²) in [5.74, 6) is 0.476. The molecule has 0 saturated carbocycles. The monoisotopic (exact) mass is 503 g/mol. The van der Waals surface area contributed by atoms with Crippen LogP contribution >= 0.6 is 0 Å². The van der Waals surface area contributed by atoms with Crippen molar-refractivity contribution in [1.29, 1.82) is 0 Å². The van der Waals surface area contributed by atoms with Gasteiger partial charge >= 0.3 is 6.03 Å². The van der Waals surface area contributed by atoms with E-state index in [4.69, 9.17) is 9.47 Å². The molecule has 3 aromatic carbocycles. The fourth-order valence-corrected chi connectivity index (χ4v) is 4.89. The van der Waals surface area contributed by atoms with E-state index in [0.717, 1.165) is 16.7 Å². The summed E-state index contributed by atoms with van der Waals surface area (Å²) in [7, 11) is 0. The van der Waals surface area contributed by atoms with Gasteiger partial charge in [-0.25, -0.2) is 9.18 Å². The molecule has 0 bridgehead atoms. The Morgan fingerprint density at radius 2 is 1.70 bits per heavy atom. The van der Waals surface area contributed by atoms with Gasteiger partial charge in [-0.1, -0.05) is 48.5 Å². The number of nitrogens with one attached hydrogen (secondary N) is 2. The number of fused-ring (bicyclic) bond motifs is 1. The lowest BCUT2D eigenvalue weighted by atomic mass is 9.83. The third kappa shape index (κ3) is 5.85. The Hall–Kier alpha value is -4.07. The van der Waals surface area contributed by atoms with Crippen LogP contribution in [0.2, 0.25) is 0 Å². The molecule has 3 aromatic rings. The maximum absolute atomic E-state index is 13.9. The molecule has 5 rings (SSSR count). The molecule has 1 saturated heterocycles. The summed E-state index contributed by atoms with van der Waals surface area (Å²) < 4.78 is 24.7. The van der Waals surface area contributed by atoms with Crippen molar-refractivity contribution in [3.63, 3.8) is 0 Å². The highest BCUT2D eigenvalue weighted by atomic mass is 19.1. The van der Waals surface area contributed by atoms with Crippen LogP contribution in [0.15, 0.2) is 66.7 Å². The third-order valence-corrected chi connectivity index (χ3v) is 6.95. The Labute approximate surface area is 215 Å². The summed E-state index contributed by atoms with van der Waals surface area (Å²) in [5, 5.41) is 5.99. The van der Waals surface area contributed by atoms with Crippen LogP contribution in [0.25, 0.3) is 0 Å². The average molecular weight is 504 g/mol. The molecular formula is C29H30FN3O4. The zero-order valence-electron chi connectivity index (χ0n) is 20.7. The fraction of sp³-hybridized carbons (Fsp3) is 0.310. The van der Waals surface area contributed by atoms with Crippen molar-refractivity contribution in [2.24, 2.45) is 5.92 Å². The summed E-state index contributed by atoms with van der Waals surface area (Å²) >= 11 is 0. The van der Waals surface area contributed by atoms with E-state index in [-0.39, 0.29) is 30.5 Å². The van der Waals surface area contributed by atoms with Crippen LogP contribution in [0.4, 0.5) is 9.18 Å². The highest BCUT2D eigenvalue weighted by Crippen LogP contribution is 2.33. The number of halogens is 1. The molecule has 2 N–H and O–H groups in total. The van der Waals surface area contributed by atoms with Gasteiger partial charge in [0.05, 0.1) is 5.92 Å². The molecular weight excluding hydrogens is 473 g/mol. The Morgan fingerprint density at radius 3 is 2.51 bits per heavy atom. The number of benzene rings is 3. The summed E-state index contributed by atoms with van der Waals surface area (Å²) in [4.78, 5) is 28.1. The number of ether oxygens (including phenoxy) is 2. The maximum atomic E-state index is 13.9. The minimum absolute atomic E-state index is 0.0863. The second kappa shape index (κ2) is 10.9. The highest BCUT2D eigenvalue weighted by molar-refractivity contribution is 5.81. The molecule has 2 aliphatic rings. The zero-order chi connectivity index (χ0) is 25.8. The summed E-state index contributed by atoms with van der Waals surface area (Å²) in [6.45, 7) is 3.42. The number of rotatable bonds is 6.